The number of carbonyl (C=O) groups is 1. The van der Waals surface area contributed by atoms with E-state index in [4.69, 9.17) is 5.26 Å². The highest BCUT2D eigenvalue weighted by molar-refractivity contribution is 5.99. The molecule has 0 aliphatic heterocycles. The van der Waals surface area contributed by atoms with Crippen molar-refractivity contribution in [2.75, 3.05) is 0 Å². The Kier molecular flexibility index (Phi) is 4.35. The first-order chi connectivity index (χ1) is 8.10. The summed E-state index contributed by atoms with van der Waals surface area (Å²) in [6.45, 7) is 1.84. The molecular formula is C12H14N2O3. The van der Waals surface area contributed by atoms with Gasteiger partial charge in [0.05, 0.1) is 12.5 Å². The van der Waals surface area contributed by atoms with Gasteiger partial charge in [0.2, 0.25) is 0 Å². The summed E-state index contributed by atoms with van der Waals surface area (Å²) in [4.78, 5) is 11.8. The lowest BCUT2D eigenvalue weighted by Gasteiger charge is -2.14. The van der Waals surface area contributed by atoms with Crippen molar-refractivity contribution in [3.05, 3.63) is 23.8 Å². The third-order valence-corrected chi connectivity index (χ3v) is 2.41. The standard InChI is InChI=1S/C12H14N2O3/c1-2-8(6-7-13)14-12(17)11-9(15)4-3-5-10(11)16/h3-5,8,15-16H,2,6H2,1H3,(H,14,17). The van der Waals surface area contributed by atoms with Gasteiger partial charge in [0, 0.05) is 6.04 Å². The Morgan fingerprint density at radius 3 is 2.53 bits per heavy atom. The number of benzene rings is 1. The molecule has 1 atom stereocenters. The molecule has 0 fully saturated rings. The molecule has 0 aliphatic rings. The van der Waals surface area contributed by atoms with Crippen LogP contribution in [0.4, 0.5) is 0 Å². The average Bonchev–Trinajstić information content (AvgIpc) is 2.28. The predicted octanol–water partition coefficient (Wildman–Crippen LogP) is 1.52. The molecule has 90 valence electrons. The number of phenolic OH excluding ortho intramolecular Hbond substituents is 2. The normalized spacial score (nSPS) is 11.5. The molecular weight excluding hydrogens is 220 g/mol. The smallest absolute Gasteiger partial charge is 0.259 e. The number of hydrogen-bond acceptors (Lipinski definition) is 4. The van der Waals surface area contributed by atoms with Gasteiger partial charge < -0.3 is 15.5 Å². The van der Waals surface area contributed by atoms with Crippen molar-refractivity contribution in [2.24, 2.45) is 0 Å². The van der Waals surface area contributed by atoms with E-state index in [2.05, 4.69) is 5.32 Å². The van der Waals surface area contributed by atoms with E-state index in [1.165, 1.54) is 18.2 Å². The molecule has 5 heteroatoms. The van der Waals surface area contributed by atoms with Gasteiger partial charge in [0.25, 0.3) is 5.91 Å². The van der Waals surface area contributed by atoms with E-state index in [0.29, 0.717) is 6.42 Å². The minimum absolute atomic E-state index is 0.163. The predicted molar refractivity (Wildman–Crippen MR) is 61.5 cm³/mol. The maximum absolute atomic E-state index is 11.8. The number of phenols is 2. The Labute approximate surface area is 99.3 Å². The number of rotatable bonds is 4. The zero-order valence-electron chi connectivity index (χ0n) is 9.47. The van der Waals surface area contributed by atoms with Crippen LogP contribution in [0.2, 0.25) is 0 Å². The molecule has 0 saturated carbocycles. The van der Waals surface area contributed by atoms with Gasteiger partial charge in [0.15, 0.2) is 0 Å². The Hall–Kier alpha value is -2.22. The van der Waals surface area contributed by atoms with Crippen LogP contribution >= 0.6 is 0 Å². The summed E-state index contributed by atoms with van der Waals surface area (Å²) in [6.07, 6.45) is 0.796. The number of nitrogens with one attached hydrogen (secondary N) is 1. The molecule has 0 radical (unpaired) electrons. The van der Waals surface area contributed by atoms with Crippen molar-refractivity contribution in [2.45, 2.75) is 25.8 Å². The molecule has 1 aromatic rings. The van der Waals surface area contributed by atoms with Gasteiger partial charge in [-0.1, -0.05) is 13.0 Å². The highest BCUT2D eigenvalue weighted by Crippen LogP contribution is 2.26. The second kappa shape index (κ2) is 5.75. The van der Waals surface area contributed by atoms with Gasteiger partial charge in [0.1, 0.15) is 17.1 Å². The molecule has 3 N–H and O–H groups in total. The molecule has 17 heavy (non-hydrogen) atoms. The Bertz CT molecular complexity index is 431. The fraction of sp³-hybridized carbons (Fsp3) is 0.333. The van der Waals surface area contributed by atoms with Crippen LogP contribution < -0.4 is 5.32 Å². The zero-order chi connectivity index (χ0) is 12.8. The Morgan fingerprint density at radius 2 is 2.06 bits per heavy atom. The second-order valence-corrected chi connectivity index (χ2v) is 3.61. The first-order valence-corrected chi connectivity index (χ1v) is 5.28. The quantitative estimate of drug-likeness (QED) is 0.736. The lowest BCUT2D eigenvalue weighted by Crippen LogP contribution is -2.34. The third-order valence-electron chi connectivity index (χ3n) is 2.41. The molecule has 1 rings (SSSR count). The molecule has 0 heterocycles. The maximum atomic E-state index is 11.8. The van der Waals surface area contributed by atoms with Crippen molar-refractivity contribution >= 4 is 5.91 Å². The fourth-order valence-corrected chi connectivity index (χ4v) is 1.43. The highest BCUT2D eigenvalue weighted by atomic mass is 16.3. The summed E-state index contributed by atoms with van der Waals surface area (Å²) in [6, 6.07) is 5.76. The summed E-state index contributed by atoms with van der Waals surface area (Å²) < 4.78 is 0. The van der Waals surface area contributed by atoms with E-state index in [1.807, 2.05) is 13.0 Å². The molecule has 1 amide bonds. The lowest BCUT2D eigenvalue weighted by atomic mass is 10.1. The Balaban J connectivity index is 2.87. The van der Waals surface area contributed by atoms with Crippen LogP contribution in [-0.4, -0.2) is 22.2 Å². The zero-order valence-corrected chi connectivity index (χ0v) is 9.47. The molecule has 5 nitrogen and oxygen atoms in total. The lowest BCUT2D eigenvalue weighted by molar-refractivity contribution is 0.0931. The van der Waals surface area contributed by atoms with Crippen molar-refractivity contribution in [3.8, 4) is 17.6 Å². The van der Waals surface area contributed by atoms with Gasteiger partial charge in [-0.25, -0.2) is 0 Å². The number of nitrogens with zero attached hydrogens (tertiary/aromatic N) is 1. The van der Waals surface area contributed by atoms with Crippen LogP contribution in [0, 0.1) is 11.3 Å². The van der Waals surface area contributed by atoms with Gasteiger partial charge in [-0.15, -0.1) is 0 Å². The van der Waals surface area contributed by atoms with E-state index in [-0.39, 0.29) is 29.5 Å². The first-order valence-electron chi connectivity index (χ1n) is 5.28. The maximum Gasteiger partial charge on any atom is 0.259 e. The van der Waals surface area contributed by atoms with E-state index < -0.39 is 5.91 Å². The number of carbonyl (C=O) groups excluding carboxylic acids is 1. The third kappa shape index (κ3) is 3.11. The van der Waals surface area contributed by atoms with Crippen LogP contribution in [0.15, 0.2) is 18.2 Å². The van der Waals surface area contributed by atoms with Crippen LogP contribution in [0.25, 0.3) is 0 Å². The van der Waals surface area contributed by atoms with Crippen molar-refractivity contribution < 1.29 is 15.0 Å². The van der Waals surface area contributed by atoms with Crippen molar-refractivity contribution in [1.82, 2.24) is 5.32 Å². The summed E-state index contributed by atoms with van der Waals surface area (Å²) in [5, 5.41) is 30.1. The minimum atomic E-state index is -0.581. The van der Waals surface area contributed by atoms with Gasteiger partial charge in [-0.2, -0.15) is 5.26 Å². The number of amides is 1. The second-order valence-electron chi connectivity index (χ2n) is 3.61. The van der Waals surface area contributed by atoms with Crippen molar-refractivity contribution in [1.29, 1.82) is 5.26 Å². The molecule has 1 aromatic carbocycles. The SMILES string of the molecule is CCC(CC#N)NC(=O)c1c(O)cccc1O. The Morgan fingerprint density at radius 1 is 1.47 bits per heavy atom. The molecule has 1 unspecified atom stereocenters. The fourth-order valence-electron chi connectivity index (χ4n) is 1.43. The van der Waals surface area contributed by atoms with Gasteiger partial charge >= 0.3 is 0 Å². The summed E-state index contributed by atoms with van der Waals surface area (Å²) in [5.74, 6) is -1.15. The van der Waals surface area contributed by atoms with E-state index in [0.717, 1.165) is 0 Å². The minimum Gasteiger partial charge on any atom is -0.507 e. The first kappa shape index (κ1) is 12.8. The van der Waals surface area contributed by atoms with E-state index >= 15 is 0 Å². The average molecular weight is 234 g/mol. The van der Waals surface area contributed by atoms with E-state index in [9.17, 15) is 15.0 Å². The summed E-state index contributed by atoms with van der Waals surface area (Å²) in [7, 11) is 0. The molecule has 0 aromatic heterocycles. The van der Waals surface area contributed by atoms with Crippen LogP contribution in [0.5, 0.6) is 11.5 Å². The van der Waals surface area contributed by atoms with Gasteiger partial charge in [-0.05, 0) is 18.6 Å². The number of nitriles is 1. The molecule has 0 bridgehead atoms. The van der Waals surface area contributed by atoms with Gasteiger partial charge in [-0.3, -0.25) is 4.79 Å². The molecule has 0 saturated heterocycles. The molecule has 0 spiro atoms. The van der Waals surface area contributed by atoms with Crippen LogP contribution in [0.3, 0.4) is 0 Å². The van der Waals surface area contributed by atoms with Crippen LogP contribution in [0.1, 0.15) is 30.1 Å². The highest BCUT2D eigenvalue weighted by Gasteiger charge is 2.18. The van der Waals surface area contributed by atoms with Crippen LogP contribution in [-0.2, 0) is 0 Å². The summed E-state index contributed by atoms with van der Waals surface area (Å²) >= 11 is 0. The summed E-state index contributed by atoms with van der Waals surface area (Å²) in [5.41, 5.74) is -0.163. The monoisotopic (exact) mass is 234 g/mol. The van der Waals surface area contributed by atoms with E-state index in [1.54, 1.807) is 0 Å². The number of hydrogen-bond donors (Lipinski definition) is 3. The largest absolute Gasteiger partial charge is 0.507 e. The molecule has 0 aliphatic carbocycles. The topological polar surface area (TPSA) is 93.4 Å². The number of aromatic hydroxyl groups is 2. The van der Waals surface area contributed by atoms with Crippen molar-refractivity contribution in [3.63, 3.8) is 0 Å².